The first-order valence-corrected chi connectivity index (χ1v) is 6.70. The van der Waals surface area contributed by atoms with Crippen LogP contribution in [0, 0.1) is 11.6 Å². The number of nitrogens with two attached hydrogens (primary N) is 1. The first-order valence-electron chi connectivity index (χ1n) is 6.70. The van der Waals surface area contributed by atoms with Gasteiger partial charge in [-0.2, -0.15) is 0 Å². The zero-order valence-corrected chi connectivity index (χ0v) is 12.3. The third-order valence-electron chi connectivity index (χ3n) is 2.99. The summed E-state index contributed by atoms with van der Waals surface area (Å²) in [7, 11) is 0. The smallest absolute Gasteiger partial charge is 0.271 e. The van der Waals surface area contributed by atoms with Gasteiger partial charge in [-0.25, -0.2) is 13.8 Å². The van der Waals surface area contributed by atoms with Gasteiger partial charge in [0, 0.05) is 5.57 Å². The van der Waals surface area contributed by atoms with Crippen molar-refractivity contribution in [2.24, 2.45) is 5.73 Å². The quantitative estimate of drug-likeness (QED) is 0.851. The summed E-state index contributed by atoms with van der Waals surface area (Å²) in [5.74, 6) is -2.95. The van der Waals surface area contributed by atoms with Gasteiger partial charge in [-0.1, -0.05) is 36.9 Å². The second-order valence-corrected chi connectivity index (χ2v) is 4.51. The second-order valence-electron chi connectivity index (χ2n) is 4.51. The van der Waals surface area contributed by atoms with Crippen LogP contribution in [0.1, 0.15) is 23.2 Å². The molecule has 0 fully saturated rings. The van der Waals surface area contributed by atoms with Gasteiger partial charge in [0.15, 0.2) is 11.5 Å². The summed E-state index contributed by atoms with van der Waals surface area (Å²) in [6.45, 7) is 5.42. The van der Waals surface area contributed by atoms with Crippen LogP contribution in [0.4, 0.5) is 8.78 Å². The zero-order valence-electron chi connectivity index (χ0n) is 12.3. The highest BCUT2D eigenvalue weighted by atomic mass is 19.1. The average molecular weight is 316 g/mol. The van der Waals surface area contributed by atoms with Crippen molar-refractivity contribution in [1.29, 1.82) is 0 Å². The van der Waals surface area contributed by atoms with E-state index in [1.807, 2.05) is 0 Å². The van der Waals surface area contributed by atoms with E-state index in [-0.39, 0.29) is 17.3 Å². The van der Waals surface area contributed by atoms with Crippen molar-refractivity contribution in [3.05, 3.63) is 72.2 Å². The highest BCUT2D eigenvalue weighted by Crippen LogP contribution is 2.30. The fourth-order valence-electron chi connectivity index (χ4n) is 1.93. The Morgan fingerprint density at radius 1 is 1.35 bits per heavy atom. The number of carbonyl (C=O) groups is 1. The molecule has 1 amide bonds. The number of amides is 1. The third-order valence-corrected chi connectivity index (χ3v) is 2.99. The normalized spacial score (nSPS) is 11.9. The molecular weight excluding hydrogens is 302 g/mol. The minimum absolute atomic E-state index is 0.00301. The summed E-state index contributed by atoms with van der Waals surface area (Å²) in [6.07, 6.45) is 6.48. The minimum atomic E-state index is -0.875. The molecule has 0 unspecified atom stereocenters. The van der Waals surface area contributed by atoms with Crippen LogP contribution in [0.15, 0.2) is 53.5 Å². The molecule has 4 nitrogen and oxygen atoms in total. The van der Waals surface area contributed by atoms with Crippen molar-refractivity contribution in [3.8, 4) is 11.5 Å². The van der Waals surface area contributed by atoms with Gasteiger partial charge in [0.25, 0.3) is 5.91 Å². The molecule has 2 N–H and O–H groups in total. The van der Waals surface area contributed by atoms with Gasteiger partial charge < -0.3 is 10.2 Å². The topological polar surface area (TPSA) is 69.1 Å². The van der Waals surface area contributed by atoms with E-state index < -0.39 is 23.1 Å². The number of rotatable bonds is 5. The molecule has 0 aliphatic carbocycles. The van der Waals surface area contributed by atoms with Crippen molar-refractivity contribution in [2.75, 3.05) is 0 Å². The Balaban J connectivity index is 2.69. The van der Waals surface area contributed by atoms with E-state index >= 15 is 0 Å². The van der Waals surface area contributed by atoms with Crippen molar-refractivity contribution in [1.82, 2.24) is 4.98 Å². The van der Waals surface area contributed by atoms with Crippen LogP contribution in [0.2, 0.25) is 0 Å². The molecule has 118 valence electrons. The number of aromatic nitrogens is 1. The lowest BCUT2D eigenvalue weighted by Crippen LogP contribution is -2.13. The van der Waals surface area contributed by atoms with Crippen LogP contribution in [0.3, 0.4) is 0 Å². The number of hydrogen-bond acceptors (Lipinski definition) is 3. The summed E-state index contributed by atoms with van der Waals surface area (Å²) in [5, 5.41) is 0. The number of carbonyl (C=O) groups excluding carboxylic acids is 1. The Bertz CT molecular complexity index is 800. The lowest BCUT2D eigenvalue weighted by molar-refractivity contribution is 0.0995. The molecule has 23 heavy (non-hydrogen) atoms. The Morgan fingerprint density at radius 3 is 2.52 bits per heavy atom. The van der Waals surface area contributed by atoms with Gasteiger partial charge in [0.1, 0.15) is 17.2 Å². The fourth-order valence-corrected chi connectivity index (χ4v) is 1.93. The Hall–Kier alpha value is -3.02. The maximum absolute atomic E-state index is 13.9. The van der Waals surface area contributed by atoms with E-state index in [1.165, 1.54) is 12.1 Å². The standard InChI is InChI=1S/C17H14F2N2O2/c1-3-5-7-10(4-2)15-14(16(20)22)21-17(23-15)13-11(18)8-6-9-12(13)19/h3-9H,2H2,1H3,(H2,20,22)/b5-3-,10-7+. The molecule has 0 spiro atoms. The van der Waals surface area contributed by atoms with E-state index in [2.05, 4.69) is 11.6 Å². The van der Waals surface area contributed by atoms with E-state index in [4.69, 9.17) is 10.2 Å². The predicted molar refractivity (Wildman–Crippen MR) is 83.4 cm³/mol. The summed E-state index contributed by atoms with van der Waals surface area (Å²) >= 11 is 0. The van der Waals surface area contributed by atoms with Crippen LogP contribution in [-0.2, 0) is 0 Å². The second kappa shape index (κ2) is 6.83. The molecular formula is C17H14F2N2O2. The molecule has 0 radical (unpaired) electrons. The number of hydrogen-bond donors (Lipinski definition) is 1. The molecule has 0 aliphatic rings. The number of allylic oxidation sites excluding steroid dienone is 5. The van der Waals surface area contributed by atoms with Crippen LogP contribution < -0.4 is 5.73 Å². The Labute approximate surface area is 131 Å². The van der Waals surface area contributed by atoms with Crippen molar-refractivity contribution >= 4 is 11.5 Å². The Kier molecular flexibility index (Phi) is 4.85. The molecule has 0 saturated carbocycles. The van der Waals surface area contributed by atoms with Crippen molar-refractivity contribution < 1.29 is 18.0 Å². The number of nitrogens with zero attached hydrogens (tertiary/aromatic N) is 1. The highest BCUT2D eigenvalue weighted by Gasteiger charge is 2.24. The van der Waals surface area contributed by atoms with Gasteiger partial charge in [0.2, 0.25) is 5.89 Å². The molecule has 6 heteroatoms. The first kappa shape index (κ1) is 16.4. The molecule has 0 atom stereocenters. The van der Waals surface area contributed by atoms with Gasteiger partial charge in [-0.15, -0.1) is 0 Å². The Morgan fingerprint density at radius 2 is 2.00 bits per heavy atom. The monoisotopic (exact) mass is 316 g/mol. The molecule has 0 aliphatic heterocycles. The molecule has 1 aromatic heterocycles. The van der Waals surface area contributed by atoms with E-state index in [1.54, 1.807) is 25.2 Å². The summed E-state index contributed by atoms with van der Waals surface area (Å²) in [4.78, 5) is 15.4. The van der Waals surface area contributed by atoms with Gasteiger partial charge >= 0.3 is 0 Å². The van der Waals surface area contributed by atoms with Crippen LogP contribution in [0.25, 0.3) is 17.0 Å². The molecule has 1 aromatic carbocycles. The van der Waals surface area contributed by atoms with Crippen molar-refractivity contribution in [3.63, 3.8) is 0 Å². The number of halogens is 2. The lowest BCUT2D eigenvalue weighted by Gasteiger charge is -2.00. The maximum atomic E-state index is 13.9. The molecule has 0 saturated heterocycles. The predicted octanol–water partition coefficient (Wildman–Crippen LogP) is 3.86. The summed E-state index contributed by atoms with van der Waals surface area (Å²) in [6, 6.07) is 3.35. The fraction of sp³-hybridized carbons (Fsp3) is 0.0588. The average Bonchev–Trinajstić information content (AvgIpc) is 2.93. The van der Waals surface area contributed by atoms with Gasteiger partial charge in [-0.05, 0) is 19.1 Å². The third kappa shape index (κ3) is 3.26. The van der Waals surface area contributed by atoms with Gasteiger partial charge in [0.05, 0.1) is 0 Å². The first-order chi connectivity index (χ1) is 11.0. The largest absolute Gasteiger partial charge is 0.435 e. The molecule has 0 bridgehead atoms. The number of primary amides is 1. The summed E-state index contributed by atoms with van der Waals surface area (Å²) < 4.78 is 33.1. The van der Waals surface area contributed by atoms with E-state index in [0.717, 1.165) is 12.1 Å². The maximum Gasteiger partial charge on any atom is 0.271 e. The summed E-state index contributed by atoms with van der Waals surface area (Å²) in [5.41, 5.74) is 5.00. The molecule has 1 heterocycles. The molecule has 2 rings (SSSR count). The zero-order chi connectivity index (χ0) is 17.0. The van der Waals surface area contributed by atoms with Crippen molar-refractivity contribution in [2.45, 2.75) is 6.92 Å². The minimum Gasteiger partial charge on any atom is -0.435 e. The van der Waals surface area contributed by atoms with Crippen LogP contribution in [-0.4, -0.2) is 10.9 Å². The SMILES string of the molecule is C=C/C(=C\C=C/C)c1oc(-c2c(F)cccc2F)nc1C(N)=O. The van der Waals surface area contributed by atoms with Crippen LogP contribution in [0.5, 0.6) is 0 Å². The van der Waals surface area contributed by atoms with E-state index in [0.29, 0.717) is 5.57 Å². The molecule has 2 aromatic rings. The lowest BCUT2D eigenvalue weighted by atomic mass is 10.1. The van der Waals surface area contributed by atoms with E-state index in [9.17, 15) is 13.6 Å². The van der Waals surface area contributed by atoms with Gasteiger partial charge in [-0.3, -0.25) is 4.79 Å². The number of benzene rings is 1. The number of oxazole rings is 1. The highest BCUT2D eigenvalue weighted by molar-refractivity contribution is 5.97. The van der Waals surface area contributed by atoms with Crippen LogP contribution >= 0.6 is 0 Å².